The topological polar surface area (TPSA) is 63.7 Å². The molecule has 0 aromatic heterocycles. The average molecular weight is 430 g/mol. The molecular formula is C24H31NO4S. The minimum Gasteiger partial charge on any atom is -0.481 e. The molecule has 1 amide bonds. The van der Waals surface area contributed by atoms with Gasteiger partial charge < -0.3 is 9.64 Å². The maximum absolute atomic E-state index is 13.4. The van der Waals surface area contributed by atoms with Crippen molar-refractivity contribution in [1.82, 2.24) is 4.90 Å². The molecule has 30 heavy (non-hydrogen) atoms. The van der Waals surface area contributed by atoms with Gasteiger partial charge >= 0.3 is 0 Å². The number of carbonyl (C=O) groups is 1. The SMILES string of the molecule is CCc1ccc(CN(C(=O)C(C)Oc2cccc(C)c2C)C2CCS(=O)(=O)C2)cc1. The van der Waals surface area contributed by atoms with E-state index in [0.717, 1.165) is 23.1 Å². The average Bonchev–Trinajstić information content (AvgIpc) is 3.09. The molecule has 1 aliphatic rings. The van der Waals surface area contributed by atoms with Crippen LogP contribution in [0.5, 0.6) is 5.75 Å². The monoisotopic (exact) mass is 429 g/mol. The Bertz CT molecular complexity index is 998. The molecular weight excluding hydrogens is 398 g/mol. The summed E-state index contributed by atoms with van der Waals surface area (Å²) in [5.41, 5.74) is 4.32. The van der Waals surface area contributed by atoms with Crippen LogP contribution in [-0.2, 0) is 27.6 Å². The van der Waals surface area contributed by atoms with E-state index in [4.69, 9.17) is 4.74 Å². The van der Waals surface area contributed by atoms with E-state index in [9.17, 15) is 13.2 Å². The van der Waals surface area contributed by atoms with E-state index >= 15 is 0 Å². The molecule has 0 spiro atoms. The number of amides is 1. The van der Waals surface area contributed by atoms with Gasteiger partial charge in [-0.05, 0) is 61.9 Å². The minimum absolute atomic E-state index is 0.0158. The lowest BCUT2D eigenvalue weighted by Crippen LogP contribution is -2.46. The molecule has 1 heterocycles. The molecule has 0 radical (unpaired) electrons. The third-order valence-corrected chi connectivity index (χ3v) is 7.67. The van der Waals surface area contributed by atoms with E-state index in [1.165, 1.54) is 5.56 Å². The van der Waals surface area contributed by atoms with Gasteiger partial charge in [-0.15, -0.1) is 0 Å². The van der Waals surface area contributed by atoms with Crippen LogP contribution in [0.2, 0.25) is 0 Å². The fourth-order valence-corrected chi connectivity index (χ4v) is 5.54. The Labute approximate surface area is 180 Å². The van der Waals surface area contributed by atoms with Crippen LogP contribution in [0, 0.1) is 13.8 Å². The number of nitrogens with zero attached hydrogens (tertiary/aromatic N) is 1. The van der Waals surface area contributed by atoms with E-state index < -0.39 is 15.9 Å². The first-order valence-corrected chi connectivity index (χ1v) is 12.3. The zero-order valence-electron chi connectivity index (χ0n) is 18.2. The zero-order valence-corrected chi connectivity index (χ0v) is 19.0. The summed E-state index contributed by atoms with van der Waals surface area (Å²) < 4.78 is 30.2. The van der Waals surface area contributed by atoms with Gasteiger partial charge in [-0.2, -0.15) is 0 Å². The molecule has 0 bridgehead atoms. The lowest BCUT2D eigenvalue weighted by molar-refractivity contribution is -0.140. The molecule has 6 heteroatoms. The van der Waals surface area contributed by atoms with Gasteiger partial charge in [-0.3, -0.25) is 4.79 Å². The standard InChI is InChI=1S/C24H31NO4S/c1-5-20-9-11-21(12-10-20)15-25(22-13-14-30(27,28)16-22)24(26)19(4)29-23-8-6-7-17(2)18(23)3/h6-12,19,22H,5,13-16H2,1-4H3. The molecule has 2 aromatic carbocycles. The number of hydrogen-bond donors (Lipinski definition) is 0. The zero-order chi connectivity index (χ0) is 21.9. The normalized spacial score (nSPS) is 18.7. The Hall–Kier alpha value is -2.34. The van der Waals surface area contributed by atoms with Crippen molar-refractivity contribution in [1.29, 1.82) is 0 Å². The van der Waals surface area contributed by atoms with Crippen LogP contribution >= 0.6 is 0 Å². The Morgan fingerprint density at radius 2 is 1.80 bits per heavy atom. The third-order valence-electron chi connectivity index (χ3n) is 5.92. The van der Waals surface area contributed by atoms with Crippen molar-refractivity contribution >= 4 is 15.7 Å². The first-order chi connectivity index (χ1) is 14.2. The first-order valence-electron chi connectivity index (χ1n) is 10.5. The van der Waals surface area contributed by atoms with E-state index in [1.54, 1.807) is 11.8 Å². The summed E-state index contributed by atoms with van der Waals surface area (Å²) in [5.74, 6) is 0.643. The van der Waals surface area contributed by atoms with Crippen LogP contribution in [0.3, 0.4) is 0 Å². The second-order valence-corrected chi connectivity index (χ2v) is 10.4. The molecule has 1 saturated heterocycles. The van der Waals surface area contributed by atoms with Gasteiger partial charge in [0, 0.05) is 12.6 Å². The molecule has 5 nitrogen and oxygen atoms in total. The molecule has 0 N–H and O–H groups in total. The summed E-state index contributed by atoms with van der Waals surface area (Å²) >= 11 is 0. The Morgan fingerprint density at radius 3 is 2.40 bits per heavy atom. The number of aryl methyl sites for hydroxylation is 2. The Balaban J connectivity index is 1.82. The van der Waals surface area contributed by atoms with E-state index in [-0.39, 0.29) is 23.5 Å². The van der Waals surface area contributed by atoms with Gasteiger partial charge in [0.25, 0.3) is 5.91 Å². The van der Waals surface area contributed by atoms with E-state index in [0.29, 0.717) is 18.7 Å². The van der Waals surface area contributed by atoms with Crippen molar-refractivity contribution in [3.63, 3.8) is 0 Å². The van der Waals surface area contributed by atoms with Gasteiger partial charge in [-0.25, -0.2) is 8.42 Å². The summed E-state index contributed by atoms with van der Waals surface area (Å²) in [7, 11) is -3.11. The van der Waals surface area contributed by atoms with Gasteiger partial charge in [0.05, 0.1) is 11.5 Å². The highest BCUT2D eigenvalue weighted by atomic mass is 32.2. The van der Waals surface area contributed by atoms with Gasteiger partial charge in [-0.1, -0.05) is 43.3 Å². The predicted molar refractivity (Wildman–Crippen MR) is 119 cm³/mol. The predicted octanol–water partition coefficient (Wildman–Crippen LogP) is 3.85. The van der Waals surface area contributed by atoms with Crippen LogP contribution in [0.1, 0.15) is 42.5 Å². The van der Waals surface area contributed by atoms with Crippen molar-refractivity contribution in [2.45, 2.75) is 59.2 Å². The molecule has 1 aliphatic heterocycles. The summed E-state index contributed by atoms with van der Waals surface area (Å²) in [6.45, 7) is 8.19. The molecule has 1 fully saturated rings. The lowest BCUT2D eigenvalue weighted by atomic mass is 10.1. The van der Waals surface area contributed by atoms with Gasteiger partial charge in [0.15, 0.2) is 15.9 Å². The van der Waals surface area contributed by atoms with E-state index in [1.807, 2.05) is 44.2 Å². The summed E-state index contributed by atoms with van der Waals surface area (Å²) in [5, 5.41) is 0. The van der Waals surface area contributed by atoms with Crippen molar-refractivity contribution in [2.75, 3.05) is 11.5 Å². The largest absolute Gasteiger partial charge is 0.481 e. The van der Waals surface area contributed by atoms with Crippen LogP contribution in [0.4, 0.5) is 0 Å². The maximum Gasteiger partial charge on any atom is 0.263 e. The molecule has 2 atom stereocenters. The molecule has 2 aromatic rings. The maximum atomic E-state index is 13.4. The second kappa shape index (κ2) is 9.21. The fraction of sp³-hybridized carbons (Fsp3) is 0.458. The second-order valence-electron chi connectivity index (χ2n) is 8.15. The Morgan fingerprint density at radius 1 is 1.13 bits per heavy atom. The van der Waals surface area contributed by atoms with Crippen LogP contribution in [-0.4, -0.2) is 42.9 Å². The molecule has 2 unspecified atom stereocenters. The number of benzene rings is 2. The number of sulfone groups is 1. The minimum atomic E-state index is -3.11. The summed E-state index contributed by atoms with van der Waals surface area (Å²) in [6.07, 6.45) is 0.714. The van der Waals surface area contributed by atoms with Gasteiger partial charge in [0.1, 0.15) is 5.75 Å². The smallest absolute Gasteiger partial charge is 0.263 e. The van der Waals surface area contributed by atoms with Crippen LogP contribution in [0.25, 0.3) is 0 Å². The number of rotatable bonds is 7. The third kappa shape index (κ3) is 5.22. The van der Waals surface area contributed by atoms with Crippen molar-refractivity contribution in [3.8, 4) is 5.75 Å². The molecule has 162 valence electrons. The van der Waals surface area contributed by atoms with Crippen LogP contribution < -0.4 is 4.74 Å². The highest BCUT2D eigenvalue weighted by Gasteiger charge is 2.36. The van der Waals surface area contributed by atoms with Crippen molar-refractivity contribution in [2.24, 2.45) is 0 Å². The number of hydrogen-bond acceptors (Lipinski definition) is 4. The quantitative estimate of drug-likeness (QED) is 0.671. The number of carbonyl (C=O) groups excluding carboxylic acids is 1. The lowest BCUT2D eigenvalue weighted by Gasteiger charge is -2.31. The Kier molecular flexibility index (Phi) is 6.86. The van der Waals surface area contributed by atoms with Crippen molar-refractivity contribution < 1.29 is 17.9 Å². The van der Waals surface area contributed by atoms with Crippen molar-refractivity contribution in [3.05, 3.63) is 64.7 Å². The molecule has 0 saturated carbocycles. The summed E-state index contributed by atoms with van der Waals surface area (Å²) in [6, 6.07) is 13.6. The first kappa shape index (κ1) is 22.3. The van der Waals surface area contributed by atoms with Gasteiger partial charge in [0.2, 0.25) is 0 Å². The number of ether oxygens (including phenoxy) is 1. The highest BCUT2D eigenvalue weighted by Crippen LogP contribution is 2.25. The van der Waals surface area contributed by atoms with Crippen LogP contribution in [0.15, 0.2) is 42.5 Å². The molecule has 0 aliphatic carbocycles. The highest BCUT2D eigenvalue weighted by molar-refractivity contribution is 7.91. The fourth-order valence-electron chi connectivity index (χ4n) is 3.81. The molecule has 3 rings (SSSR count). The van der Waals surface area contributed by atoms with E-state index in [2.05, 4.69) is 19.1 Å². The summed E-state index contributed by atoms with van der Waals surface area (Å²) in [4.78, 5) is 15.1.